The summed E-state index contributed by atoms with van der Waals surface area (Å²) in [5.74, 6) is -1.13. The number of esters is 1. The SMILES string of the molecule is CN[C@@H](Cc1cc(N=O)c(O)cc1O)C(=O)OC. The molecule has 0 amide bonds. The largest absolute Gasteiger partial charge is 0.508 e. The fourth-order valence-electron chi connectivity index (χ4n) is 1.51. The van der Waals surface area contributed by atoms with Crippen LogP contribution in [0.2, 0.25) is 0 Å². The second-order valence-corrected chi connectivity index (χ2v) is 3.63. The van der Waals surface area contributed by atoms with Gasteiger partial charge in [-0.05, 0) is 23.9 Å². The third-order valence-corrected chi connectivity index (χ3v) is 2.53. The zero-order valence-corrected chi connectivity index (χ0v) is 10.0. The Morgan fingerprint density at radius 2 is 2.11 bits per heavy atom. The lowest BCUT2D eigenvalue weighted by Gasteiger charge is -2.14. The van der Waals surface area contributed by atoms with Crippen LogP contribution < -0.4 is 5.32 Å². The summed E-state index contributed by atoms with van der Waals surface area (Å²) in [4.78, 5) is 21.8. The van der Waals surface area contributed by atoms with Crippen molar-refractivity contribution in [2.24, 2.45) is 5.18 Å². The van der Waals surface area contributed by atoms with Gasteiger partial charge in [0.05, 0.1) is 7.11 Å². The van der Waals surface area contributed by atoms with Gasteiger partial charge in [-0.2, -0.15) is 0 Å². The molecule has 0 aliphatic carbocycles. The maximum atomic E-state index is 11.4. The van der Waals surface area contributed by atoms with Gasteiger partial charge < -0.3 is 20.3 Å². The summed E-state index contributed by atoms with van der Waals surface area (Å²) in [6.07, 6.45) is 0.109. The number of likely N-dealkylation sites (N-methyl/N-ethyl adjacent to an activating group) is 1. The zero-order chi connectivity index (χ0) is 13.7. The molecule has 1 aromatic rings. The van der Waals surface area contributed by atoms with Crippen LogP contribution in [-0.2, 0) is 16.0 Å². The molecule has 0 aromatic heterocycles. The number of nitroso groups, excluding NO2 is 1. The van der Waals surface area contributed by atoms with E-state index in [1.807, 2.05) is 0 Å². The first-order valence-electron chi connectivity index (χ1n) is 5.16. The van der Waals surface area contributed by atoms with E-state index in [4.69, 9.17) is 0 Å². The number of nitrogens with zero attached hydrogens (tertiary/aromatic N) is 1. The molecule has 0 spiro atoms. The van der Waals surface area contributed by atoms with Crippen molar-refractivity contribution in [3.8, 4) is 11.5 Å². The summed E-state index contributed by atoms with van der Waals surface area (Å²) in [7, 11) is 2.82. The normalized spacial score (nSPS) is 11.9. The van der Waals surface area contributed by atoms with Gasteiger partial charge in [-0.15, -0.1) is 4.91 Å². The number of carbonyl (C=O) groups is 1. The van der Waals surface area contributed by atoms with Gasteiger partial charge >= 0.3 is 5.97 Å². The highest BCUT2D eigenvalue weighted by atomic mass is 16.5. The summed E-state index contributed by atoms with van der Waals surface area (Å²) < 4.78 is 4.58. The van der Waals surface area contributed by atoms with E-state index in [0.717, 1.165) is 6.07 Å². The van der Waals surface area contributed by atoms with E-state index in [-0.39, 0.29) is 17.9 Å². The van der Waals surface area contributed by atoms with Crippen LogP contribution in [0.25, 0.3) is 0 Å². The number of hydrogen-bond acceptors (Lipinski definition) is 7. The van der Waals surface area contributed by atoms with E-state index in [9.17, 15) is 19.9 Å². The van der Waals surface area contributed by atoms with Crippen LogP contribution in [0, 0.1) is 4.91 Å². The molecule has 1 aromatic carbocycles. The lowest BCUT2D eigenvalue weighted by molar-refractivity contribution is -0.142. The quantitative estimate of drug-likeness (QED) is 0.529. The lowest BCUT2D eigenvalue weighted by Crippen LogP contribution is -2.36. The molecular weight excluding hydrogens is 240 g/mol. The van der Waals surface area contributed by atoms with Gasteiger partial charge in [-0.25, -0.2) is 0 Å². The molecule has 7 nitrogen and oxygen atoms in total. The average Bonchev–Trinajstić information content (AvgIpc) is 2.37. The van der Waals surface area contributed by atoms with Gasteiger partial charge in [0.2, 0.25) is 0 Å². The number of methoxy groups -OCH3 is 1. The number of phenolic OH excluding ortho intramolecular Hbond substituents is 2. The number of aromatic hydroxyl groups is 2. The number of carbonyl (C=O) groups excluding carboxylic acids is 1. The van der Waals surface area contributed by atoms with Crippen molar-refractivity contribution >= 4 is 11.7 Å². The molecule has 98 valence electrons. The Hall–Kier alpha value is -2.15. The second kappa shape index (κ2) is 5.97. The molecule has 0 fully saturated rings. The van der Waals surface area contributed by atoms with Crippen LogP contribution in [0.4, 0.5) is 5.69 Å². The molecule has 0 heterocycles. The Kier molecular flexibility index (Phi) is 4.61. The van der Waals surface area contributed by atoms with Crippen LogP contribution in [0.1, 0.15) is 5.56 Å². The Morgan fingerprint density at radius 3 is 2.61 bits per heavy atom. The topological polar surface area (TPSA) is 108 Å². The predicted octanol–water partition coefficient (Wildman–Crippen LogP) is 0.799. The minimum Gasteiger partial charge on any atom is -0.508 e. The molecule has 1 atom stereocenters. The van der Waals surface area contributed by atoms with Crippen molar-refractivity contribution in [3.05, 3.63) is 22.6 Å². The van der Waals surface area contributed by atoms with E-state index in [2.05, 4.69) is 15.2 Å². The number of nitrogens with one attached hydrogen (secondary N) is 1. The fourth-order valence-corrected chi connectivity index (χ4v) is 1.51. The van der Waals surface area contributed by atoms with Gasteiger partial charge in [-0.3, -0.25) is 4.79 Å². The summed E-state index contributed by atoms with van der Waals surface area (Å²) in [5, 5.41) is 24.3. The third kappa shape index (κ3) is 2.95. The second-order valence-electron chi connectivity index (χ2n) is 3.63. The highest BCUT2D eigenvalue weighted by Gasteiger charge is 2.20. The Bertz CT molecular complexity index is 461. The average molecular weight is 254 g/mol. The minimum absolute atomic E-state index is 0.109. The lowest BCUT2D eigenvalue weighted by atomic mass is 10.0. The standard InChI is InChI=1S/C11H14N2O5/c1-12-8(11(16)18-2)4-6-3-7(13-17)10(15)5-9(6)14/h3,5,8,12,14-15H,4H2,1-2H3/t8-/m0/s1. The van der Waals surface area contributed by atoms with E-state index < -0.39 is 17.8 Å². The summed E-state index contributed by atoms with van der Waals surface area (Å²) in [6.45, 7) is 0. The molecule has 0 aliphatic heterocycles. The van der Waals surface area contributed by atoms with Crippen LogP contribution in [0.15, 0.2) is 17.3 Å². The monoisotopic (exact) mass is 254 g/mol. The molecule has 1 rings (SSSR count). The van der Waals surface area contributed by atoms with E-state index >= 15 is 0 Å². The molecule has 0 saturated heterocycles. The van der Waals surface area contributed by atoms with Gasteiger partial charge in [-0.1, -0.05) is 0 Å². The van der Waals surface area contributed by atoms with E-state index in [1.165, 1.54) is 13.2 Å². The van der Waals surface area contributed by atoms with Crippen molar-refractivity contribution < 1.29 is 19.7 Å². The number of phenols is 2. The highest BCUT2D eigenvalue weighted by molar-refractivity contribution is 5.76. The smallest absolute Gasteiger partial charge is 0.323 e. The van der Waals surface area contributed by atoms with Crippen LogP contribution in [0.3, 0.4) is 0 Å². The minimum atomic E-state index is -0.662. The molecule has 0 radical (unpaired) electrons. The number of ether oxygens (including phenoxy) is 1. The highest BCUT2D eigenvalue weighted by Crippen LogP contribution is 2.33. The van der Waals surface area contributed by atoms with E-state index in [0.29, 0.717) is 5.56 Å². The molecule has 7 heteroatoms. The first kappa shape index (κ1) is 13.9. The fraction of sp³-hybridized carbons (Fsp3) is 0.364. The maximum absolute atomic E-state index is 11.4. The van der Waals surface area contributed by atoms with Gasteiger partial charge in [0.15, 0.2) is 0 Å². The number of benzene rings is 1. The van der Waals surface area contributed by atoms with Gasteiger partial charge in [0.1, 0.15) is 23.2 Å². The summed E-state index contributed by atoms with van der Waals surface area (Å²) >= 11 is 0. The maximum Gasteiger partial charge on any atom is 0.323 e. The van der Waals surface area contributed by atoms with Crippen LogP contribution in [-0.4, -0.2) is 36.4 Å². The van der Waals surface area contributed by atoms with Crippen LogP contribution >= 0.6 is 0 Å². The predicted molar refractivity (Wildman–Crippen MR) is 63.8 cm³/mol. The molecule has 0 unspecified atom stereocenters. The van der Waals surface area contributed by atoms with Crippen molar-refractivity contribution in [3.63, 3.8) is 0 Å². The molecule has 0 saturated carbocycles. The number of rotatable bonds is 5. The van der Waals surface area contributed by atoms with Crippen molar-refractivity contribution in [1.29, 1.82) is 0 Å². The number of hydrogen-bond donors (Lipinski definition) is 3. The molecule has 18 heavy (non-hydrogen) atoms. The summed E-state index contributed by atoms with van der Waals surface area (Å²) in [6, 6.07) is 1.58. The van der Waals surface area contributed by atoms with Gasteiger partial charge in [0, 0.05) is 12.5 Å². The molecular formula is C11H14N2O5. The molecule has 0 bridgehead atoms. The third-order valence-electron chi connectivity index (χ3n) is 2.53. The molecule has 0 aliphatic rings. The first-order chi connectivity index (χ1) is 8.53. The van der Waals surface area contributed by atoms with Crippen molar-refractivity contribution in [2.45, 2.75) is 12.5 Å². The van der Waals surface area contributed by atoms with E-state index in [1.54, 1.807) is 7.05 Å². The van der Waals surface area contributed by atoms with Crippen LogP contribution in [0.5, 0.6) is 11.5 Å². The summed E-state index contributed by atoms with van der Waals surface area (Å²) in [5.41, 5.74) is 0.120. The first-order valence-corrected chi connectivity index (χ1v) is 5.16. The Balaban J connectivity index is 3.02. The van der Waals surface area contributed by atoms with Crippen molar-refractivity contribution in [2.75, 3.05) is 14.2 Å². The van der Waals surface area contributed by atoms with Crippen molar-refractivity contribution in [1.82, 2.24) is 5.32 Å². The Morgan fingerprint density at radius 1 is 1.44 bits per heavy atom. The van der Waals surface area contributed by atoms with Gasteiger partial charge in [0.25, 0.3) is 0 Å². The zero-order valence-electron chi connectivity index (χ0n) is 10.0. The molecule has 3 N–H and O–H groups in total. The Labute approximate surface area is 103 Å².